The predicted molar refractivity (Wildman–Crippen MR) is 81.7 cm³/mol. The zero-order valence-electron chi connectivity index (χ0n) is 13.0. The Balaban J connectivity index is 2.29. The summed E-state index contributed by atoms with van der Waals surface area (Å²) in [5.41, 5.74) is 2.79. The maximum Gasteiger partial charge on any atom is 0.128 e. The molecule has 0 unspecified atom stereocenters. The zero-order chi connectivity index (χ0) is 14.0. The van der Waals surface area contributed by atoms with Crippen LogP contribution < -0.4 is 4.90 Å². The fraction of sp³-hybridized carbons (Fsp3) is 0.688. The summed E-state index contributed by atoms with van der Waals surface area (Å²) in [4.78, 5) is 9.30. The maximum absolute atomic E-state index is 4.61. The molecule has 0 saturated carbocycles. The Morgan fingerprint density at radius 2 is 2.05 bits per heavy atom. The SMILES string of the molecule is Cc1cc(N(C)C)ncc1[C@@H]1CCCCN1C(C)C. The quantitative estimate of drug-likeness (QED) is 0.831. The molecule has 1 atom stereocenters. The van der Waals surface area contributed by atoms with Crippen molar-refractivity contribution in [2.75, 3.05) is 25.5 Å². The van der Waals surface area contributed by atoms with Gasteiger partial charge in [-0.2, -0.15) is 0 Å². The van der Waals surface area contributed by atoms with Crippen LogP contribution in [-0.4, -0.2) is 36.6 Å². The van der Waals surface area contributed by atoms with Crippen LogP contribution in [0.1, 0.15) is 50.3 Å². The van der Waals surface area contributed by atoms with Crippen LogP contribution >= 0.6 is 0 Å². The normalized spacial score (nSPS) is 20.8. The van der Waals surface area contributed by atoms with E-state index >= 15 is 0 Å². The smallest absolute Gasteiger partial charge is 0.128 e. The number of anilines is 1. The summed E-state index contributed by atoms with van der Waals surface area (Å²) in [5.74, 6) is 1.05. The van der Waals surface area contributed by atoms with Crippen LogP contribution in [-0.2, 0) is 0 Å². The van der Waals surface area contributed by atoms with Crippen LogP contribution in [0.25, 0.3) is 0 Å². The van der Waals surface area contributed by atoms with E-state index < -0.39 is 0 Å². The highest BCUT2D eigenvalue weighted by Gasteiger charge is 2.27. The molecule has 3 nitrogen and oxygen atoms in total. The van der Waals surface area contributed by atoms with Crippen LogP contribution in [0.2, 0.25) is 0 Å². The van der Waals surface area contributed by atoms with Crippen LogP contribution in [0, 0.1) is 6.92 Å². The van der Waals surface area contributed by atoms with Gasteiger partial charge < -0.3 is 4.90 Å². The molecule has 3 heteroatoms. The van der Waals surface area contributed by atoms with Gasteiger partial charge in [0.05, 0.1) is 0 Å². The van der Waals surface area contributed by atoms with Crippen LogP contribution in [0.4, 0.5) is 5.82 Å². The second kappa shape index (κ2) is 5.91. The summed E-state index contributed by atoms with van der Waals surface area (Å²) in [6, 6.07) is 3.37. The van der Waals surface area contributed by atoms with E-state index in [0.717, 1.165) is 5.82 Å². The lowest BCUT2D eigenvalue weighted by Gasteiger charge is -2.39. The molecule has 0 spiro atoms. The van der Waals surface area contributed by atoms with Gasteiger partial charge in [0.2, 0.25) is 0 Å². The van der Waals surface area contributed by atoms with E-state index in [2.05, 4.69) is 47.8 Å². The third-order valence-corrected chi connectivity index (χ3v) is 4.16. The van der Waals surface area contributed by atoms with Crippen molar-refractivity contribution in [1.82, 2.24) is 9.88 Å². The fourth-order valence-electron chi connectivity index (χ4n) is 3.05. The van der Waals surface area contributed by atoms with Crippen molar-refractivity contribution in [2.24, 2.45) is 0 Å². The van der Waals surface area contributed by atoms with Crippen molar-refractivity contribution < 1.29 is 0 Å². The molecule has 1 aromatic heterocycles. The molecular formula is C16H27N3. The van der Waals surface area contributed by atoms with Gasteiger partial charge in [0.25, 0.3) is 0 Å². The lowest BCUT2D eigenvalue weighted by Crippen LogP contribution is -2.38. The number of piperidine rings is 1. The Bertz CT molecular complexity index is 426. The van der Waals surface area contributed by atoms with E-state index in [1.807, 2.05) is 14.1 Å². The fourth-order valence-corrected chi connectivity index (χ4v) is 3.05. The minimum atomic E-state index is 0.553. The van der Waals surface area contributed by atoms with E-state index in [1.54, 1.807) is 0 Å². The van der Waals surface area contributed by atoms with Crippen LogP contribution in [0.5, 0.6) is 0 Å². The Kier molecular flexibility index (Phi) is 4.46. The first-order valence-corrected chi connectivity index (χ1v) is 7.40. The highest BCUT2D eigenvalue weighted by Crippen LogP contribution is 2.34. The largest absolute Gasteiger partial charge is 0.363 e. The molecule has 106 valence electrons. The van der Waals surface area contributed by atoms with Gasteiger partial charge in [-0.05, 0) is 57.4 Å². The number of hydrogen-bond donors (Lipinski definition) is 0. The highest BCUT2D eigenvalue weighted by molar-refractivity contribution is 5.42. The molecule has 2 heterocycles. The molecule has 2 rings (SSSR count). The van der Waals surface area contributed by atoms with Gasteiger partial charge in [-0.15, -0.1) is 0 Å². The second-order valence-electron chi connectivity index (χ2n) is 6.14. The molecule has 1 fully saturated rings. The predicted octanol–water partition coefficient (Wildman–Crippen LogP) is 3.39. The van der Waals surface area contributed by atoms with Gasteiger partial charge in [-0.25, -0.2) is 4.98 Å². The molecule has 1 aromatic rings. The molecule has 0 N–H and O–H groups in total. The second-order valence-corrected chi connectivity index (χ2v) is 6.14. The summed E-state index contributed by atoms with van der Waals surface area (Å²) >= 11 is 0. The van der Waals surface area contributed by atoms with E-state index in [1.165, 1.54) is 36.9 Å². The average molecular weight is 261 g/mol. The lowest BCUT2D eigenvalue weighted by molar-refractivity contribution is 0.111. The van der Waals surface area contributed by atoms with Crippen molar-refractivity contribution in [1.29, 1.82) is 0 Å². The minimum Gasteiger partial charge on any atom is -0.363 e. The molecule has 0 aromatic carbocycles. The number of pyridine rings is 1. The van der Waals surface area contributed by atoms with Crippen molar-refractivity contribution in [3.63, 3.8) is 0 Å². The standard InChI is InChI=1S/C16H27N3/c1-12(2)19-9-7-6-8-15(19)14-11-17-16(18(4)5)10-13(14)3/h10-12,15H,6-9H2,1-5H3/t15-/m0/s1. The van der Waals surface area contributed by atoms with Gasteiger partial charge >= 0.3 is 0 Å². The first-order chi connectivity index (χ1) is 9.00. The van der Waals surface area contributed by atoms with E-state index in [-0.39, 0.29) is 0 Å². The zero-order valence-corrected chi connectivity index (χ0v) is 13.0. The Morgan fingerprint density at radius 1 is 1.32 bits per heavy atom. The van der Waals surface area contributed by atoms with Gasteiger partial charge in [-0.3, -0.25) is 4.90 Å². The van der Waals surface area contributed by atoms with E-state index in [4.69, 9.17) is 0 Å². The number of aromatic nitrogens is 1. The first kappa shape index (κ1) is 14.3. The van der Waals surface area contributed by atoms with Gasteiger partial charge in [-0.1, -0.05) is 6.42 Å². The first-order valence-electron chi connectivity index (χ1n) is 7.40. The summed E-state index contributed by atoms with van der Waals surface area (Å²) in [5, 5.41) is 0. The highest BCUT2D eigenvalue weighted by atomic mass is 15.2. The van der Waals surface area contributed by atoms with Crippen molar-refractivity contribution in [3.05, 3.63) is 23.4 Å². The third kappa shape index (κ3) is 3.08. The topological polar surface area (TPSA) is 19.4 Å². The van der Waals surface area contributed by atoms with E-state index in [0.29, 0.717) is 12.1 Å². The summed E-state index contributed by atoms with van der Waals surface area (Å²) in [6.07, 6.45) is 6.03. The number of nitrogens with zero attached hydrogens (tertiary/aromatic N) is 3. The van der Waals surface area contributed by atoms with Gasteiger partial charge in [0.15, 0.2) is 0 Å². The Labute approximate surface area is 117 Å². The summed E-state index contributed by atoms with van der Waals surface area (Å²) in [7, 11) is 4.09. The lowest BCUT2D eigenvalue weighted by atomic mass is 9.92. The summed E-state index contributed by atoms with van der Waals surface area (Å²) in [6.45, 7) is 8.04. The molecule has 1 saturated heterocycles. The number of rotatable bonds is 3. The molecular weight excluding hydrogens is 234 g/mol. The number of likely N-dealkylation sites (tertiary alicyclic amines) is 1. The monoisotopic (exact) mass is 261 g/mol. The van der Waals surface area contributed by atoms with Crippen LogP contribution in [0.3, 0.4) is 0 Å². The average Bonchev–Trinajstić information content (AvgIpc) is 2.38. The maximum atomic E-state index is 4.61. The molecule has 0 aliphatic carbocycles. The van der Waals surface area contributed by atoms with Crippen LogP contribution in [0.15, 0.2) is 12.3 Å². The van der Waals surface area contributed by atoms with Gasteiger partial charge in [0, 0.05) is 32.4 Å². The minimum absolute atomic E-state index is 0.553. The Hall–Kier alpha value is -1.09. The summed E-state index contributed by atoms with van der Waals surface area (Å²) < 4.78 is 0. The van der Waals surface area contributed by atoms with Crippen molar-refractivity contribution >= 4 is 5.82 Å². The molecule has 19 heavy (non-hydrogen) atoms. The van der Waals surface area contributed by atoms with Crippen molar-refractivity contribution in [3.8, 4) is 0 Å². The Morgan fingerprint density at radius 3 is 2.63 bits per heavy atom. The molecule has 1 aliphatic heterocycles. The molecule has 0 amide bonds. The van der Waals surface area contributed by atoms with Gasteiger partial charge in [0.1, 0.15) is 5.82 Å². The number of aryl methyl sites for hydroxylation is 1. The number of hydrogen-bond acceptors (Lipinski definition) is 3. The molecule has 0 bridgehead atoms. The van der Waals surface area contributed by atoms with E-state index in [9.17, 15) is 0 Å². The third-order valence-electron chi connectivity index (χ3n) is 4.16. The van der Waals surface area contributed by atoms with Crippen molar-refractivity contribution in [2.45, 2.75) is 52.1 Å². The molecule has 1 aliphatic rings. The molecule has 0 radical (unpaired) electrons.